The van der Waals surface area contributed by atoms with Gasteiger partial charge in [0.2, 0.25) is 10.0 Å². The van der Waals surface area contributed by atoms with Gasteiger partial charge in [0.1, 0.15) is 0 Å². The normalized spacial score (nSPS) is 17.7. The first kappa shape index (κ1) is 13.8. The Labute approximate surface area is 112 Å². The molecule has 3 N–H and O–H groups in total. The summed E-state index contributed by atoms with van der Waals surface area (Å²) >= 11 is 1.12. The van der Waals surface area contributed by atoms with Crippen molar-refractivity contribution < 1.29 is 8.42 Å². The Hall–Kier alpha value is -0.660. The predicted octanol–water partition coefficient (Wildman–Crippen LogP) is 2.09. The minimum Gasteiger partial charge on any atom is -0.359 e. The molecule has 1 saturated carbocycles. The lowest BCUT2D eigenvalue weighted by Crippen LogP contribution is -2.18. The Bertz CT molecular complexity index is 520. The van der Waals surface area contributed by atoms with E-state index in [0.29, 0.717) is 16.9 Å². The zero-order chi connectivity index (χ0) is 13.3. The number of aryl methyl sites for hydroxylation is 1. The molecule has 1 aromatic rings. The molecule has 0 spiro atoms. The van der Waals surface area contributed by atoms with Gasteiger partial charge < -0.3 is 5.32 Å². The van der Waals surface area contributed by atoms with Crippen LogP contribution in [0.25, 0.3) is 0 Å². The molecule has 0 radical (unpaired) electrons. The van der Waals surface area contributed by atoms with Gasteiger partial charge in [-0.05, 0) is 25.7 Å². The predicted molar refractivity (Wildman–Crippen MR) is 73.3 cm³/mol. The number of sulfonamides is 1. The molecule has 5 nitrogen and oxygen atoms in total. The topological polar surface area (TPSA) is 85.1 Å². The summed E-state index contributed by atoms with van der Waals surface area (Å²) < 4.78 is 22.8. The van der Waals surface area contributed by atoms with Crippen LogP contribution in [-0.2, 0) is 10.0 Å². The van der Waals surface area contributed by atoms with Crippen LogP contribution in [0.5, 0.6) is 0 Å². The standard InChI is InChI=1S/C11H19N3O2S2/c1-3-9(6-8-4-5-8)14-11-13-7(2)10(17-11)18(12,15)16/h8-9H,3-6H2,1-2H3,(H,13,14)(H2,12,15,16). The van der Waals surface area contributed by atoms with Gasteiger partial charge in [-0.15, -0.1) is 0 Å². The zero-order valence-corrected chi connectivity index (χ0v) is 12.3. The SMILES string of the molecule is CCC(CC1CC1)Nc1nc(C)c(S(N)(=O)=O)s1. The smallest absolute Gasteiger partial charge is 0.249 e. The van der Waals surface area contributed by atoms with Crippen LogP contribution in [0.15, 0.2) is 4.21 Å². The highest BCUT2D eigenvalue weighted by Crippen LogP contribution is 2.35. The number of hydrogen-bond acceptors (Lipinski definition) is 5. The summed E-state index contributed by atoms with van der Waals surface area (Å²) in [5, 5.41) is 9.12. The summed E-state index contributed by atoms with van der Waals surface area (Å²) in [6, 6.07) is 0.372. The molecule has 0 saturated heterocycles. The van der Waals surface area contributed by atoms with Crippen LogP contribution in [0.1, 0.15) is 38.3 Å². The summed E-state index contributed by atoms with van der Waals surface area (Å²) in [5.41, 5.74) is 0.478. The van der Waals surface area contributed by atoms with E-state index in [9.17, 15) is 8.42 Å². The van der Waals surface area contributed by atoms with Gasteiger partial charge in [0, 0.05) is 6.04 Å². The first-order valence-electron chi connectivity index (χ1n) is 6.17. The van der Waals surface area contributed by atoms with Crippen molar-refractivity contribution in [2.45, 2.75) is 49.8 Å². The van der Waals surface area contributed by atoms with Crippen LogP contribution in [0, 0.1) is 12.8 Å². The van der Waals surface area contributed by atoms with Gasteiger partial charge in [-0.3, -0.25) is 0 Å². The average molecular weight is 289 g/mol. The van der Waals surface area contributed by atoms with Crippen molar-refractivity contribution in [3.8, 4) is 0 Å². The van der Waals surface area contributed by atoms with E-state index in [2.05, 4.69) is 17.2 Å². The van der Waals surface area contributed by atoms with Gasteiger partial charge in [-0.25, -0.2) is 18.5 Å². The molecular weight excluding hydrogens is 270 g/mol. The van der Waals surface area contributed by atoms with E-state index in [1.807, 2.05) is 0 Å². The lowest BCUT2D eigenvalue weighted by atomic mass is 10.1. The lowest BCUT2D eigenvalue weighted by molar-refractivity contribution is 0.586. The van der Waals surface area contributed by atoms with Crippen LogP contribution in [0.4, 0.5) is 5.13 Å². The van der Waals surface area contributed by atoms with Crippen molar-refractivity contribution in [3.63, 3.8) is 0 Å². The molecule has 1 unspecified atom stereocenters. The van der Waals surface area contributed by atoms with E-state index < -0.39 is 10.0 Å². The number of rotatable bonds is 6. The summed E-state index contributed by atoms with van der Waals surface area (Å²) in [4.78, 5) is 4.24. The fraction of sp³-hybridized carbons (Fsp3) is 0.727. The lowest BCUT2D eigenvalue weighted by Gasteiger charge is -2.15. The Kier molecular flexibility index (Phi) is 3.93. The van der Waals surface area contributed by atoms with Crippen molar-refractivity contribution >= 4 is 26.5 Å². The van der Waals surface area contributed by atoms with E-state index in [0.717, 1.165) is 30.1 Å². The first-order valence-corrected chi connectivity index (χ1v) is 8.53. The second kappa shape index (κ2) is 5.14. The number of nitrogens with two attached hydrogens (primary N) is 1. The van der Waals surface area contributed by atoms with Crippen LogP contribution in [0.3, 0.4) is 0 Å². The molecule has 0 amide bonds. The Balaban J connectivity index is 2.08. The molecule has 0 aliphatic heterocycles. The molecule has 0 aromatic carbocycles. The molecule has 1 heterocycles. The Morgan fingerprint density at radius 2 is 2.22 bits per heavy atom. The molecular formula is C11H19N3O2S2. The Morgan fingerprint density at radius 3 is 2.67 bits per heavy atom. The molecule has 102 valence electrons. The van der Waals surface area contributed by atoms with Crippen LogP contribution >= 0.6 is 11.3 Å². The first-order chi connectivity index (χ1) is 8.40. The second-order valence-corrected chi connectivity index (χ2v) is 7.62. The number of primary sulfonamides is 1. The molecule has 18 heavy (non-hydrogen) atoms. The largest absolute Gasteiger partial charge is 0.359 e. The maximum absolute atomic E-state index is 11.3. The van der Waals surface area contributed by atoms with Crippen LogP contribution in [0.2, 0.25) is 0 Å². The van der Waals surface area contributed by atoms with Crippen molar-refractivity contribution in [2.75, 3.05) is 5.32 Å². The van der Waals surface area contributed by atoms with Crippen molar-refractivity contribution in [3.05, 3.63) is 5.69 Å². The van der Waals surface area contributed by atoms with E-state index in [1.165, 1.54) is 12.8 Å². The highest BCUT2D eigenvalue weighted by molar-refractivity contribution is 7.91. The number of nitrogens with one attached hydrogen (secondary N) is 1. The number of nitrogens with zero attached hydrogens (tertiary/aromatic N) is 1. The quantitative estimate of drug-likeness (QED) is 0.839. The number of thiazole rings is 1. The van der Waals surface area contributed by atoms with Crippen molar-refractivity contribution in [1.29, 1.82) is 0 Å². The van der Waals surface area contributed by atoms with Gasteiger partial charge in [-0.2, -0.15) is 0 Å². The van der Waals surface area contributed by atoms with Gasteiger partial charge in [-0.1, -0.05) is 31.1 Å². The average Bonchev–Trinajstić information content (AvgIpc) is 2.99. The zero-order valence-electron chi connectivity index (χ0n) is 10.6. The third-order valence-corrected chi connectivity index (χ3v) is 5.79. The molecule has 2 rings (SSSR count). The molecule has 1 atom stereocenters. The summed E-state index contributed by atoms with van der Waals surface area (Å²) in [6.45, 7) is 3.80. The molecule has 1 aliphatic rings. The summed E-state index contributed by atoms with van der Waals surface area (Å²) in [6.07, 6.45) is 4.79. The number of aromatic nitrogens is 1. The van der Waals surface area contributed by atoms with Gasteiger partial charge >= 0.3 is 0 Å². The van der Waals surface area contributed by atoms with Crippen LogP contribution in [-0.4, -0.2) is 19.4 Å². The van der Waals surface area contributed by atoms with Gasteiger partial charge in [0.25, 0.3) is 0 Å². The monoisotopic (exact) mass is 289 g/mol. The third-order valence-electron chi connectivity index (χ3n) is 3.15. The fourth-order valence-electron chi connectivity index (χ4n) is 1.97. The fourth-order valence-corrected chi connectivity index (χ4v) is 3.90. The van der Waals surface area contributed by atoms with Crippen molar-refractivity contribution in [2.24, 2.45) is 11.1 Å². The second-order valence-electron chi connectivity index (χ2n) is 4.87. The van der Waals surface area contributed by atoms with E-state index in [-0.39, 0.29) is 4.21 Å². The maximum atomic E-state index is 11.3. The van der Waals surface area contributed by atoms with E-state index in [4.69, 9.17) is 5.14 Å². The van der Waals surface area contributed by atoms with Crippen LogP contribution < -0.4 is 10.5 Å². The highest BCUT2D eigenvalue weighted by atomic mass is 32.2. The van der Waals surface area contributed by atoms with Gasteiger partial charge in [0.15, 0.2) is 9.34 Å². The number of anilines is 1. The molecule has 1 aliphatic carbocycles. The van der Waals surface area contributed by atoms with E-state index >= 15 is 0 Å². The molecule has 7 heteroatoms. The highest BCUT2D eigenvalue weighted by Gasteiger charge is 2.25. The molecule has 0 bridgehead atoms. The van der Waals surface area contributed by atoms with Crippen molar-refractivity contribution in [1.82, 2.24) is 4.98 Å². The number of hydrogen-bond donors (Lipinski definition) is 2. The third kappa shape index (κ3) is 3.43. The minimum atomic E-state index is -3.65. The molecule has 1 fully saturated rings. The van der Waals surface area contributed by atoms with Gasteiger partial charge in [0.05, 0.1) is 5.69 Å². The maximum Gasteiger partial charge on any atom is 0.249 e. The Morgan fingerprint density at radius 1 is 1.56 bits per heavy atom. The summed E-state index contributed by atoms with van der Waals surface area (Å²) in [5.74, 6) is 0.834. The minimum absolute atomic E-state index is 0.159. The summed E-state index contributed by atoms with van der Waals surface area (Å²) in [7, 11) is -3.65. The van der Waals surface area contributed by atoms with E-state index in [1.54, 1.807) is 6.92 Å². The molecule has 1 aromatic heterocycles.